The fraction of sp³-hybridized carbons (Fsp3) is 0.429. The molecule has 1 unspecified atom stereocenters. The molecule has 0 spiro atoms. The van der Waals surface area contributed by atoms with Gasteiger partial charge < -0.3 is 11.1 Å². The summed E-state index contributed by atoms with van der Waals surface area (Å²) < 4.78 is 3.59. The van der Waals surface area contributed by atoms with Crippen LogP contribution in [0.15, 0.2) is 5.38 Å². The molecule has 1 aromatic heterocycles. The van der Waals surface area contributed by atoms with Gasteiger partial charge in [-0.25, -0.2) is 0 Å². The minimum absolute atomic E-state index is 0.279. The number of carbonyl (C=O) groups is 1. The molecule has 5 nitrogen and oxygen atoms in total. The number of nitrogens with zero attached hydrogens (tertiary/aromatic N) is 2. The van der Waals surface area contributed by atoms with Crippen LogP contribution in [0.2, 0.25) is 0 Å². The molecule has 0 aliphatic rings. The summed E-state index contributed by atoms with van der Waals surface area (Å²) in [5.74, 6) is -0.293. The highest BCUT2D eigenvalue weighted by molar-refractivity contribution is 7.80. The maximum Gasteiger partial charge on any atom is 0.273 e. The van der Waals surface area contributed by atoms with Crippen molar-refractivity contribution in [1.82, 2.24) is 14.9 Å². The number of rotatable bonds is 4. The second-order valence-corrected chi connectivity index (χ2v) is 3.71. The summed E-state index contributed by atoms with van der Waals surface area (Å²) >= 11 is 5.92. The summed E-state index contributed by atoms with van der Waals surface area (Å²) in [4.78, 5) is 11.7. The van der Waals surface area contributed by atoms with Crippen molar-refractivity contribution in [2.75, 3.05) is 0 Å². The van der Waals surface area contributed by atoms with Crippen molar-refractivity contribution < 1.29 is 4.79 Å². The van der Waals surface area contributed by atoms with E-state index in [9.17, 15) is 4.79 Å². The zero-order valence-corrected chi connectivity index (χ0v) is 9.19. The predicted octanol–water partition coefficient (Wildman–Crippen LogP) is 0.333. The van der Waals surface area contributed by atoms with Crippen LogP contribution in [0.5, 0.6) is 0 Å². The Morgan fingerprint density at radius 2 is 2.57 bits per heavy atom. The molecule has 1 atom stereocenters. The number of hydrogen-bond acceptors (Lipinski definition) is 5. The Bertz CT molecular complexity index is 324. The van der Waals surface area contributed by atoms with E-state index < -0.39 is 0 Å². The molecule has 0 aromatic carbocycles. The molecule has 0 aliphatic heterocycles. The fourth-order valence-electron chi connectivity index (χ4n) is 0.870. The first-order chi connectivity index (χ1) is 6.65. The van der Waals surface area contributed by atoms with Gasteiger partial charge in [0.05, 0.1) is 11.0 Å². The van der Waals surface area contributed by atoms with Crippen molar-refractivity contribution in [3.63, 3.8) is 0 Å². The summed E-state index contributed by atoms with van der Waals surface area (Å²) in [5, 5.41) is 7.87. The van der Waals surface area contributed by atoms with Gasteiger partial charge in [-0.1, -0.05) is 23.6 Å². The zero-order chi connectivity index (χ0) is 10.6. The number of thiocarbonyl (C=S) groups is 1. The third kappa shape index (κ3) is 2.71. The van der Waals surface area contributed by atoms with Gasteiger partial charge in [0.25, 0.3) is 5.91 Å². The van der Waals surface area contributed by atoms with Gasteiger partial charge in [-0.15, -0.1) is 5.10 Å². The average Bonchev–Trinajstić information content (AvgIpc) is 2.65. The first kappa shape index (κ1) is 11.0. The van der Waals surface area contributed by atoms with Crippen LogP contribution in [0.3, 0.4) is 0 Å². The van der Waals surface area contributed by atoms with Crippen LogP contribution in [0.25, 0.3) is 0 Å². The minimum Gasteiger partial charge on any atom is -0.392 e. The second-order valence-electron chi connectivity index (χ2n) is 2.63. The van der Waals surface area contributed by atoms with E-state index in [0.29, 0.717) is 12.1 Å². The molecule has 0 saturated heterocycles. The van der Waals surface area contributed by atoms with Crippen molar-refractivity contribution >= 4 is 34.6 Å². The predicted molar refractivity (Wildman–Crippen MR) is 58.2 cm³/mol. The summed E-state index contributed by atoms with van der Waals surface area (Å²) in [7, 11) is 0. The lowest BCUT2D eigenvalue weighted by Gasteiger charge is -2.13. The Kier molecular flexibility index (Phi) is 3.90. The molecule has 0 radical (unpaired) electrons. The van der Waals surface area contributed by atoms with Gasteiger partial charge in [-0.3, -0.25) is 4.79 Å². The standard InChI is InChI=1S/C7H10N4OS2/c1-2-4(6(8)13)9-7(12)5-3-14-11-10-5/h3-4H,2H2,1H3,(H2,8,13)(H,9,12). The monoisotopic (exact) mass is 230 g/mol. The highest BCUT2D eigenvalue weighted by Crippen LogP contribution is 1.99. The Morgan fingerprint density at radius 3 is 3.00 bits per heavy atom. The van der Waals surface area contributed by atoms with Crippen LogP contribution < -0.4 is 11.1 Å². The van der Waals surface area contributed by atoms with E-state index in [1.165, 1.54) is 0 Å². The molecule has 1 aromatic rings. The first-order valence-corrected chi connectivity index (χ1v) is 5.26. The van der Waals surface area contributed by atoms with Gasteiger partial charge in [0.2, 0.25) is 0 Å². The topological polar surface area (TPSA) is 80.9 Å². The maximum absolute atomic E-state index is 11.5. The Hall–Kier alpha value is -1.08. The van der Waals surface area contributed by atoms with E-state index >= 15 is 0 Å². The molecule has 0 bridgehead atoms. The van der Waals surface area contributed by atoms with Gasteiger partial charge >= 0.3 is 0 Å². The molecule has 1 rings (SSSR count). The van der Waals surface area contributed by atoms with Gasteiger partial charge in [0, 0.05) is 5.38 Å². The zero-order valence-electron chi connectivity index (χ0n) is 7.56. The lowest BCUT2D eigenvalue weighted by Crippen LogP contribution is -2.43. The summed E-state index contributed by atoms with van der Waals surface area (Å²) in [5.41, 5.74) is 5.73. The van der Waals surface area contributed by atoms with Gasteiger partial charge in [0.15, 0.2) is 5.69 Å². The van der Waals surface area contributed by atoms with E-state index in [1.807, 2.05) is 6.92 Å². The van der Waals surface area contributed by atoms with Crippen LogP contribution in [0.4, 0.5) is 0 Å². The van der Waals surface area contributed by atoms with Crippen LogP contribution in [-0.2, 0) is 0 Å². The number of aromatic nitrogens is 2. The van der Waals surface area contributed by atoms with Crippen LogP contribution >= 0.6 is 23.8 Å². The van der Waals surface area contributed by atoms with E-state index in [-0.39, 0.29) is 16.9 Å². The largest absolute Gasteiger partial charge is 0.392 e. The number of carbonyl (C=O) groups excluding carboxylic acids is 1. The SMILES string of the molecule is CCC(NC(=O)c1csnn1)C(N)=S. The number of nitrogens with one attached hydrogen (secondary N) is 1. The third-order valence-electron chi connectivity index (χ3n) is 1.65. The summed E-state index contributed by atoms with van der Waals surface area (Å²) in [6, 6.07) is -0.279. The van der Waals surface area contributed by atoms with Gasteiger partial charge in [0.1, 0.15) is 0 Å². The third-order valence-corrected chi connectivity index (χ3v) is 2.44. The molecule has 3 N–H and O–H groups in total. The normalized spacial score (nSPS) is 12.1. The summed E-state index contributed by atoms with van der Waals surface area (Å²) in [6.07, 6.45) is 0.665. The van der Waals surface area contributed by atoms with E-state index in [0.717, 1.165) is 11.5 Å². The van der Waals surface area contributed by atoms with Crippen molar-refractivity contribution in [1.29, 1.82) is 0 Å². The molecular weight excluding hydrogens is 220 g/mol. The quantitative estimate of drug-likeness (QED) is 0.729. The van der Waals surface area contributed by atoms with Crippen molar-refractivity contribution in [3.05, 3.63) is 11.1 Å². The van der Waals surface area contributed by atoms with E-state index in [1.54, 1.807) is 5.38 Å². The lowest BCUT2D eigenvalue weighted by molar-refractivity contribution is 0.0941. The Labute approximate surface area is 90.9 Å². The molecule has 1 heterocycles. The smallest absolute Gasteiger partial charge is 0.273 e. The molecule has 0 fully saturated rings. The lowest BCUT2D eigenvalue weighted by atomic mass is 10.2. The van der Waals surface area contributed by atoms with Crippen LogP contribution in [0.1, 0.15) is 23.8 Å². The van der Waals surface area contributed by atoms with Gasteiger partial charge in [-0.2, -0.15) is 0 Å². The number of hydrogen-bond donors (Lipinski definition) is 2. The van der Waals surface area contributed by atoms with E-state index in [4.69, 9.17) is 18.0 Å². The van der Waals surface area contributed by atoms with Crippen molar-refractivity contribution in [2.24, 2.45) is 5.73 Å². The van der Waals surface area contributed by atoms with Crippen LogP contribution in [-0.4, -0.2) is 26.5 Å². The van der Waals surface area contributed by atoms with Gasteiger partial charge in [-0.05, 0) is 18.0 Å². The first-order valence-electron chi connectivity index (χ1n) is 4.02. The molecule has 1 amide bonds. The molecular formula is C7H10N4OS2. The van der Waals surface area contributed by atoms with Crippen LogP contribution in [0, 0.1) is 0 Å². The number of amides is 1. The molecule has 14 heavy (non-hydrogen) atoms. The molecule has 0 saturated carbocycles. The summed E-state index contributed by atoms with van der Waals surface area (Å²) in [6.45, 7) is 1.89. The number of nitrogens with two attached hydrogens (primary N) is 1. The van der Waals surface area contributed by atoms with Crippen molar-refractivity contribution in [3.8, 4) is 0 Å². The Balaban J connectivity index is 2.60. The molecule has 7 heteroatoms. The molecule has 0 aliphatic carbocycles. The minimum atomic E-state index is -0.293. The maximum atomic E-state index is 11.5. The highest BCUT2D eigenvalue weighted by Gasteiger charge is 2.15. The average molecular weight is 230 g/mol. The van der Waals surface area contributed by atoms with Crippen molar-refractivity contribution in [2.45, 2.75) is 19.4 Å². The molecule has 76 valence electrons. The fourth-order valence-corrected chi connectivity index (χ4v) is 1.53. The second kappa shape index (κ2) is 4.97. The van der Waals surface area contributed by atoms with E-state index in [2.05, 4.69) is 14.9 Å². The highest BCUT2D eigenvalue weighted by atomic mass is 32.1. The Morgan fingerprint density at radius 1 is 1.86 bits per heavy atom.